The molecule has 6 heteroatoms. The smallest absolute Gasteiger partial charge is 0.294 e. The molecule has 1 heterocycles. The Morgan fingerprint density at radius 2 is 1.10 bits per heavy atom. The van der Waals surface area contributed by atoms with E-state index < -0.39 is 0 Å². The molecule has 1 rings (SSSR count). The van der Waals surface area contributed by atoms with Crippen LogP contribution < -0.4 is 4.90 Å². The van der Waals surface area contributed by atoms with E-state index >= 15 is 0 Å². The maximum atomic E-state index is 12.5. The minimum Gasteiger partial charge on any atom is -0.359 e. The lowest BCUT2D eigenvalue weighted by Crippen LogP contribution is -2.32. The third-order valence-corrected chi connectivity index (χ3v) is 5.66. The lowest BCUT2D eigenvalue weighted by Gasteiger charge is -2.02. The van der Waals surface area contributed by atoms with Crippen molar-refractivity contribution in [2.24, 2.45) is 0 Å². The van der Waals surface area contributed by atoms with Gasteiger partial charge in [0.25, 0.3) is 11.4 Å². The minimum absolute atomic E-state index is 0.0856. The van der Waals surface area contributed by atoms with Gasteiger partial charge in [-0.3, -0.25) is 14.2 Å². The number of aromatic nitrogens is 2. The number of carbonyl (C=O) groups is 2. The zero-order valence-corrected chi connectivity index (χ0v) is 19.3. The lowest BCUT2D eigenvalue weighted by atomic mass is 10.0. The van der Waals surface area contributed by atoms with Crippen molar-refractivity contribution in [2.75, 3.05) is 0 Å². The molecular weight excluding hydrogens is 380 g/mol. The Bertz CT molecular complexity index is 598. The second kappa shape index (κ2) is 17.0. The van der Waals surface area contributed by atoms with Crippen molar-refractivity contribution in [2.45, 2.75) is 129 Å². The average molecular weight is 423 g/mol. The molecule has 0 bridgehead atoms. The fraction of sp³-hybridized carbons (Fsp3) is 0.833. The fourth-order valence-corrected chi connectivity index (χ4v) is 3.74. The first-order valence-corrected chi connectivity index (χ1v) is 12.3. The molecule has 0 N–H and O–H groups in total. The Kier molecular flexibility index (Phi) is 14.9. The number of hydrogen-bond acceptors (Lipinski definition) is 5. The van der Waals surface area contributed by atoms with Gasteiger partial charge in [0.15, 0.2) is 0 Å². The number of unbranched alkanes of at least 4 members (excludes halogenated alkanes) is 14. The van der Waals surface area contributed by atoms with Crippen LogP contribution in [-0.4, -0.2) is 16.7 Å². The summed E-state index contributed by atoms with van der Waals surface area (Å²) in [5.74, 6) is -0.602. The summed E-state index contributed by atoms with van der Waals surface area (Å²) in [4.78, 5) is 25.0. The number of hydrogen-bond donors (Lipinski definition) is 0. The van der Waals surface area contributed by atoms with Crippen molar-refractivity contribution in [3.8, 4) is 0 Å². The quantitative estimate of drug-likeness (QED) is 0.132. The molecule has 6 nitrogen and oxygen atoms in total. The van der Waals surface area contributed by atoms with E-state index in [1.807, 2.05) is 0 Å². The predicted molar refractivity (Wildman–Crippen MR) is 119 cm³/mol. The first-order chi connectivity index (χ1) is 14.6. The molecule has 0 unspecified atom stereocenters. The highest BCUT2D eigenvalue weighted by atomic mass is 16.8. The molecule has 0 saturated carbocycles. The van der Waals surface area contributed by atoms with Gasteiger partial charge in [-0.2, -0.15) is 0 Å². The van der Waals surface area contributed by atoms with Crippen molar-refractivity contribution in [3.05, 3.63) is 16.6 Å². The van der Waals surface area contributed by atoms with Crippen LogP contribution in [-0.2, 0) is 0 Å². The van der Waals surface area contributed by atoms with E-state index in [1.54, 1.807) is 0 Å². The van der Waals surface area contributed by atoms with Crippen LogP contribution in [0.4, 0.5) is 0 Å². The van der Waals surface area contributed by atoms with E-state index in [0.717, 1.165) is 38.5 Å². The van der Waals surface area contributed by atoms with Crippen LogP contribution in [0.25, 0.3) is 0 Å². The molecule has 0 radical (unpaired) electrons. The van der Waals surface area contributed by atoms with Crippen LogP contribution in [0, 0.1) is 5.21 Å². The molecule has 1 aromatic rings. The summed E-state index contributed by atoms with van der Waals surface area (Å²) in [6.07, 6.45) is 18.7. The topological polar surface area (TPSA) is 87.1 Å². The molecule has 172 valence electrons. The van der Waals surface area contributed by atoms with Gasteiger partial charge >= 0.3 is 0 Å². The van der Waals surface area contributed by atoms with E-state index in [0.29, 0.717) is 6.42 Å². The fourth-order valence-electron chi connectivity index (χ4n) is 3.74. The SMILES string of the molecule is CCCCCCCCCCC(=O)c1no[n+]([O-])c1C(=O)CCCCCCCCCC. The van der Waals surface area contributed by atoms with E-state index in [1.165, 1.54) is 64.2 Å². The Morgan fingerprint density at radius 3 is 1.57 bits per heavy atom. The van der Waals surface area contributed by atoms with Crippen molar-refractivity contribution in [1.82, 2.24) is 5.16 Å². The summed E-state index contributed by atoms with van der Waals surface area (Å²) in [7, 11) is 0. The molecule has 0 aliphatic carbocycles. The zero-order chi connectivity index (χ0) is 22.0. The van der Waals surface area contributed by atoms with Gasteiger partial charge in [-0.15, -0.1) is 0 Å². The van der Waals surface area contributed by atoms with Gasteiger partial charge in [-0.1, -0.05) is 104 Å². The standard InChI is InChI=1S/C24H42N2O4/c1-3-5-7-9-11-13-15-17-19-21(27)23-24(26(29)30-25-23)22(28)20-18-16-14-12-10-8-6-4-2/h3-20H2,1-2H3. The van der Waals surface area contributed by atoms with Crippen LogP contribution in [0.5, 0.6) is 0 Å². The van der Waals surface area contributed by atoms with Crippen LogP contribution in [0.3, 0.4) is 0 Å². The number of ketones is 2. The van der Waals surface area contributed by atoms with E-state index in [2.05, 4.69) is 23.6 Å². The molecule has 0 amide bonds. The van der Waals surface area contributed by atoms with Crippen LogP contribution >= 0.6 is 0 Å². The van der Waals surface area contributed by atoms with Gasteiger partial charge < -0.3 is 5.21 Å². The van der Waals surface area contributed by atoms with Crippen molar-refractivity contribution < 1.29 is 19.1 Å². The van der Waals surface area contributed by atoms with Gasteiger partial charge in [0, 0.05) is 12.8 Å². The van der Waals surface area contributed by atoms with E-state index in [-0.39, 0.29) is 34.3 Å². The second-order valence-corrected chi connectivity index (χ2v) is 8.42. The monoisotopic (exact) mass is 422 g/mol. The zero-order valence-electron chi connectivity index (χ0n) is 19.3. The molecule has 1 aromatic heterocycles. The average Bonchev–Trinajstić information content (AvgIpc) is 3.13. The minimum atomic E-state index is -0.337. The van der Waals surface area contributed by atoms with Crippen molar-refractivity contribution in [1.29, 1.82) is 0 Å². The van der Waals surface area contributed by atoms with Crippen LogP contribution in [0.15, 0.2) is 4.63 Å². The maximum absolute atomic E-state index is 12.5. The Labute approximate surface area is 182 Å². The van der Waals surface area contributed by atoms with Gasteiger partial charge in [-0.05, 0) is 17.7 Å². The second-order valence-electron chi connectivity index (χ2n) is 8.42. The lowest BCUT2D eigenvalue weighted by molar-refractivity contribution is -0.803. The largest absolute Gasteiger partial charge is 0.359 e. The van der Waals surface area contributed by atoms with Gasteiger partial charge in [-0.25, -0.2) is 0 Å². The Balaban J connectivity index is 2.30. The number of rotatable bonds is 20. The normalized spacial score (nSPS) is 11.1. The molecular formula is C24H42N2O4. The van der Waals surface area contributed by atoms with Gasteiger partial charge in [0.05, 0.1) is 5.16 Å². The first kappa shape index (κ1) is 26.3. The molecule has 0 aliphatic heterocycles. The van der Waals surface area contributed by atoms with Crippen molar-refractivity contribution >= 4 is 11.6 Å². The summed E-state index contributed by atoms with van der Waals surface area (Å²) < 4.78 is 4.57. The maximum Gasteiger partial charge on any atom is 0.294 e. The van der Waals surface area contributed by atoms with Gasteiger partial charge in [0.2, 0.25) is 11.6 Å². The number of carbonyl (C=O) groups excluding carboxylic acids is 2. The highest BCUT2D eigenvalue weighted by Crippen LogP contribution is 2.15. The molecule has 0 aromatic carbocycles. The highest BCUT2D eigenvalue weighted by Gasteiger charge is 2.30. The van der Waals surface area contributed by atoms with Crippen LogP contribution in [0.2, 0.25) is 0 Å². The highest BCUT2D eigenvalue weighted by molar-refractivity contribution is 6.05. The number of Topliss-reactive ketones (excluding diaryl/α,β-unsaturated/α-hetero) is 2. The summed E-state index contributed by atoms with van der Waals surface area (Å²) in [5.41, 5.74) is -0.292. The third-order valence-electron chi connectivity index (χ3n) is 5.66. The molecule has 0 saturated heterocycles. The van der Waals surface area contributed by atoms with Gasteiger partial charge in [0.1, 0.15) is 0 Å². The first-order valence-electron chi connectivity index (χ1n) is 12.3. The van der Waals surface area contributed by atoms with Crippen LogP contribution in [0.1, 0.15) is 150 Å². The van der Waals surface area contributed by atoms with E-state index in [4.69, 9.17) is 0 Å². The van der Waals surface area contributed by atoms with Crippen molar-refractivity contribution in [3.63, 3.8) is 0 Å². The summed E-state index contributed by atoms with van der Waals surface area (Å²) in [6.45, 7) is 4.41. The number of nitrogens with zero attached hydrogens (tertiary/aromatic N) is 2. The Morgan fingerprint density at radius 1 is 0.700 bits per heavy atom. The molecule has 0 atom stereocenters. The molecule has 0 spiro atoms. The molecule has 30 heavy (non-hydrogen) atoms. The van der Waals surface area contributed by atoms with E-state index in [9.17, 15) is 14.8 Å². The third kappa shape index (κ3) is 10.9. The Hall–Kier alpha value is -1.72. The molecule has 0 fully saturated rings. The molecule has 0 aliphatic rings. The predicted octanol–water partition coefficient (Wildman–Crippen LogP) is 6.74. The summed E-state index contributed by atoms with van der Waals surface area (Å²) in [5, 5.41) is 15.4. The summed E-state index contributed by atoms with van der Waals surface area (Å²) in [6, 6.07) is 0. The summed E-state index contributed by atoms with van der Waals surface area (Å²) >= 11 is 0.